The first-order chi connectivity index (χ1) is 10.7. The van der Waals surface area contributed by atoms with Crippen LogP contribution in [0.2, 0.25) is 0 Å². The van der Waals surface area contributed by atoms with Crippen LogP contribution in [0.25, 0.3) is 0 Å². The summed E-state index contributed by atoms with van der Waals surface area (Å²) in [6, 6.07) is 11.2. The maximum Gasteiger partial charge on any atom is 0.223 e. The van der Waals surface area contributed by atoms with Crippen LogP contribution in [-0.4, -0.2) is 29.4 Å². The van der Waals surface area contributed by atoms with E-state index < -0.39 is 0 Å². The van der Waals surface area contributed by atoms with Crippen LogP contribution in [-0.2, 0) is 11.2 Å². The van der Waals surface area contributed by atoms with Crippen LogP contribution in [0.4, 0.5) is 0 Å². The monoisotopic (exact) mass is 300 g/mol. The van der Waals surface area contributed by atoms with Gasteiger partial charge in [0.25, 0.3) is 0 Å². The van der Waals surface area contributed by atoms with Crippen LogP contribution >= 0.6 is 0 Å². The fourth-order valence-electron chi connectivity index (χ4n) is 4.09. The second kappa shape index (κ2) is 7.28. The molecule has 1 aromatic carbocycles. The lowest BCUT2D eigenvalue weighted by atomic mass is 9.93. The van der Waals surface area contributed by atoms with E-state index in [1.54, 1.807) is 0 Å². The number of rotatable bonds is 4. The van der Waals surface area contributed by atoms with E-state index in [9.17, 15) is 4.79 Å². The number of nitrogens with zero attached hydrogens (tertiary/aromatic N) is 1. The number of piperidine rings is 1. The Labute approximate surface area is 133 Å². The molecule has 2 N–H and O–H groups in total. The fraction of sp³-hybridized carbons (Fsp3) is 0.632. The summed E-state index contributed by atoms with van der Waals surface area (Å²) < 4.78 is 0. The molecule has 1 unspecified atom stereocenters. The molecule has 0 bridgehead atoms. The molecule has 1 amide bonds. The number of hydrogen-bond acceptors (Lipinski definition) is 2. The van der Waals surface area contributed by atoms with Crippen LogP contribution in [0.15, 0.2) is 30.3 Å². The van der Waals surface area contributed by atoms with Crippen LogP contribution in [0.3, 0.4) is 0 Å². The van der Waals surface area contributed by atoms with Gasteiger partial charge in [-0.2, -0.15) is 0 Å². The third kappa shape index (κ3) is 3.70. The van der Waals surface area contributed by atoms with Crippen molar-refractivity contribution in [1.82, 2.24) is 4.90 Å². The van der Waals surface area contributed by atoms with E-state index in [1.165, 1.54) is 18.4 Å². The average molecular weight is 300 g/mol. The highest BCUT2D eigenvalue weighted by molar-refractivity contribution is 5.77. The smallest absolute Gasteiger partial charge is 0.223 e. The highest BCUT2D eigenvalue weighted by atomic mass is 16.2. The molecule has 1 saturated carbocycles. The van der Waals surface area contributed by atoms with Crippen LogP contribution in [0, 0.1) is 5.92 Å². The zero-order valence-corrected chi connectivity index (χ0v) is 13.4. The van der Waals surface area contributed by atoms with Gasteiger partial charge < -0.3 is 10.6 Å². The summed E-state index contributed by atoms with van der Waals surface area (Å²) in [4.78, 5) is 14.9. The first kappa shape index (κ1) is 15.5. The molecule has 22 heavy (non-hydrogen) atoms. The molecule has 120 valence electrons. The van der Waals surface area contributed by atoms with Gasteiger partial charge in [-0.25, -0.2) is 0 Å². The molecule has 2 fully saturated rings. The second-order valence-corrected chi connectivity index (χ2v) is 6.99. The molecule has 2 aliphatic rings. The summed E-state index contributed by atoms with van der Waals surface area (Å²) in [5, 5.41) is 0. The Balaban J connectivity index is 1.62. The van der Waals surface area contributed by atoms with Crippen molar-refractivity contribution in [2.75, 3.05) is 6.54 Å². The van der Waals surface area contributed by atoms with E-state index in [1.807, 2.05) is 0 Å². The van der Waals surface area contributed by atoms with Gasteiger partial charge in [0.1, 0.15) is 0 Å². The van der Waals surface area contributed by atoms with Crippen molar-refractivity contribution in [2.24, 2.45) is 11.7 Å². The Morgan fingerprint density at radius 1 is 1.09 bits per heavy atom. The quantitative estimate of drug-likeness (QED) is 0.928. The first-order valence-electron chi connectivity index (χ1n) is 8.83. The summed E-state index contributed by atoms with van der Waals surface area (Å²) in [5.41, 5.74) is 7.48. The molecule has 1 saturated heterocycles. The van der Waals surface area contributed by atoms with E-state index in [0.29, 0.717) is 24.3 Å². The van der Waals surface area contributed by atoms with Crippen molar-refractivity contribution >= 4 is 5.91 Å². The van der Waals surface area contributed by atoms with Gasteiger partial charge in [-0.05, 0) is 50.0 Å². The zero-order valence-electron chi connectivity index (χ0n) is 13.4. The Hall–Kier alpha value is -1.35. The van der Waals surface area contributed by atoms with Crippen LogP contribution < -0.4 is 5.73 Å². The van der Waals surface area contributed by atoms with Gasteiger partial charge in [-0.15, -0.1) is 0 Å². The molecule has 1 heterocycles. The summed E-state index contributed by atoms with van der Waals surface area (Å²) in [7, 11) is 0. The predicted octanol–water partition coefficient (Wildman–Crippen LogP) is 3.13. The third-order valence-corrected chi connectivity index (χ3v) is 5.42. The molecule has 0 aromatic heterocycles. The molecule has 3 heteroatoms. The van der Waals surface area contributed by atoms with Gasteiger partial charge in [0.2, 0.25) is 5.91 Å². The van der Waals surface area contributed by atoms with Gasteiger partial charge in [0, 0.05) is 25.0 Å². The molecule has 3 nitrogen and oxygen atoms in total. The lowest BCUT2D eigenvalue weighted by Gasteiger charge is -2.37. The van der Waals surface area contributed by atoms with E-state index in [0.717, 1.165) is 38.6 Å². The Bertz CT molecular complexity index is 487. The minimum atomic E-state index is 0.237. The number of benzene rings is 1. The van der Waals surface area contributed by atoms with Gasteiger partial charge in [0.15, 0.2) is 0 Å². The Morgan fingerprint density at radius 2 is 1.91 bits per heavy atom. The van der Waals surface area contributed by atoms with E-state index in [-0.39, 0.29) is 6.04 Å². The Kier molecular flexibility index (Phi) is 5.14. The molecule has 1 aliphatic carbocycles. The topological polar surface area (TPSA) is 46.3 Å². The SMILES string of the molecule is N[C@@H]1CCC[C@H]1CC(=O)N1CCCCC1Cc1ccccc1. The summed E-state index contributed by atoms with van der Waals surface area (Å²) in [6.45, 7) is 0.929. The summed E-state index contributed by atoms with van der Waals surface area (Å²) >= 11 is 0. The highest BCUT2D eigenvalue weighted by Crippen LogP contribution is 2.29. The molecular formula is C19H28N2O. The number of likely N-dealkylation sites (tertiary alicyclic amines) is 1. The number of hydrogen-bond donors (Lipinski definition) is 1. The maximum atomic E-state index is 12.8. The largest absolute Gasteiger partial charge is 0.339 e. The van der Waals surface area contributed by atoms with Crippen molar-refractivity contribution in [3.63, 3.8) is 0 Å². The number of carbonyl (C=O) groups excluding carboxylic acids is 1. The average Bonchev–Trinajstić information content (AvgIpc) is 2.94. The maximum absolute atomic E-state index is 12.8. The van der Waals surface area contributed by atoms with Crippen LogP contribution in [0.1, 0.15) is 50.5 Å². The minimum absolute atomic E-state index is 0.237. The molecule has 3 rings (SSSR count). The first-order valence-corrected chi connectivity index (χ1v) is 8.83. The molecular weight excluding hydrogens is 272 g/mol. The Morgan fingerprint density at radius 3 is 2.64 bits per heavy atom. The molecule has 0 radical (unpaired) electrons. The summed E-state index contributed by atoms with van der Waals surface area (Å²) in [5.74, 6) is 0.745. The van der Waals surface area contributed by atoms with Gasteiger partial charge in [-0.1, -0.05) is 36.8 Å². The van der Waals surface area contributed by atoms with Crippen molar-refractivity contribution < 1.29 is 4.79 Å². The number of carbonyl (C=O) groups is 1. The fourth-order valence-corrected chi connectivity index (χ4v) is 4.09. The highest BCUT2D eigenvalue weighted by Gasteiger charge is 2.31. The van der Waals surface area contributed by atoms with Gasteiger partial charge in [-0.3, -0.25) is 4.79 Å². The van der Waals surface area contributed by atoms with Gasteiger partial charge >= 0.3 is 0 Å². The molecule has 0 spiro atoms. The van der Waals surface area contributed by atoms with Crippen molar-refractivity contribution in [2.45, 2.75) is 63.5 Å². The van der Waals surface area contributed by atoms with Crippen LogP contribution in [0.5, 0.6) is 0 Å². The lowest BCUT2D eigenvalue weighted by molar-refractivity contribution is -0.135. The predicted molar refractivity (Wildman–Crippen MR) is 89.4 cm³/mol. The number of nitrogens with two attached hydrogens (primary N) is 1. The van der Waals surface area contributed by atoms with Crippen molar-refractivity contribution in [3.8, 4) is 0 Å². The van der Waals surface area contributed by atoms with E-state index >= 15 is 0 Å². The second-order valence-electron chi connectivity index (χ2n) is 6.99. The van der Waals surface area contributed by atoms with E-state index in [2.05, 4.69) is 35.2 Å². The van der Waals surface area contributed by atoms with Crippen molar-refractivity contribution in [3.05, 3.63) is 35.9 Å². The normalized spacial score (nSPS) is 28.8. The molecule has 1 aromatic rings. The minimum Gasteiger partial charge on any atom is -0.339 e. The molecule has 3 atom stereocenters. The third-order valence-electron chi connectivity index (χ3n) is 5.42. The molecule has 1 aliphatic heterocycles. The number of amides is 1. The van der Waals surface area contributed by atoms with Gasteiger partial charge in [0.05, 0.1) is 0 Å². The standard InChI is InChI=1S/C19H28N2O/c20-18-11-6-9-16(18)14-19(22)21-12-5-4-10-17(21)13-15-7-2-1-3-8-15/h1-3,7-8,16-18H,4-6,9-14,20H2/t16-,17?,18+/m0/s1. The van der Waals surface area contributed by atoms with Crippen molar-refractivity contribution in [1.29, 1.82) is 0 Å². The van der Waals surface area contributed by atoms with E-state index in [4.69, 9.17) is 5.73 Å². The summed E-state index contributed by atoms with van der Waals surface area (Å²) in [6.07, 6.45) is 8.58. The lowest BCUT2D eigenvalue weighted by Crippen LogP contribution is -2.46. The zero-order chi connectivity index (χ0) is 15.4.